The summed E-state index contributed by atoms with van der Waals surface area (Å²) in [6, 6.07) is 7.75. The molecule has 0 saturated carbocycles. The van der Waals surface area contributed by atoms with E-state index in [0.717, 1.165) is 36.0 Å². The van der Waals surface area contributed by atoms with E-state index in [2.05, 4.69) is 16.8 Å². The summed E-state index contributed by atoms with van der Waals surface area (Å²) in [7, 11) is 0. The summed E-state index contributed by atoms with van der Waals surface area (Å²) in [4.78, 5) is 6.56. The van der Waals surface area contributed by atoms with E-state index in [1.807, 2.05) is 24.3 Å². The van der Waals surface area contributed by atoms with Gasteiger partial charge in [-0.1, -0.05) is 24.9 Å². The molecule has 1 aromatic carbocycles. The minimum absolute atomic E-state index is 0.154. The van der Waals surface area contributed by atoms with Crippen molar-refractivity contribution in [1.29, 1.82) is 0 Å². The van der Waals surface area contributed by atoms with Crippen LogP contribution in [0.25, 0.3) is 10.9 Å². The number of aliphatic hydroxyl groups is 1. The zero-order chi connectivity index (χ0) is 13.7. The van der Waals surface area contributed by atoms with Crippen molar-refractivity contribution >= 4 is 28.2 Å². The van der Waals surface area contributed by atoms with Gasteiger partial charge in [0.05, 0.1) is 12.1 Å². The Morgan fingerprint density at radius 2 is 2.11 bits per heavy atom. The molecule has 0 radical (unpaired) electrons. The van der Waals surface area contributed by atoms with E-state index in [-0.39, 0.29) is 6.61 Å². The van der Waals surface area contributed by atoms with Gasteiger partial charge in [0.25, 0.3) is 0 Å². The Labute approximate surface area is 118 Å². The maximum absolute atomic E-state index is 9.24. The maximum atomic E-state index is 9.24. The summed E-state index contributed by atoms with van der Waals surface area (Å²) >= 11 is 6.00. The second kappa shape index (κ2) is 6.73. The molecule has 102 valence electrons. The highest BCUT2D eigenvalue weighted by Gasteiger charge is 2.10. The highest BCUT2D eigenvalue weighted by molar-refractivity contribution is 6.31. The van der Waals surface area contributed by atoms with E-state index < -0.39 is 0 Å². The molecule has 0 spiro atoms. The van der Waals surface area contributed by atoms with Crippen LogP contribution in [0.4, 0.5) is 5.69 Å². The van der Waals surface area contributed by atoms with Crippen LogP contribution >= 0.6 is 11.6 Å². The lowest BCUT2D eigenvalue weighted by atomic mass is 10.1. The van der Waals surface area contributed by atoms with E-state index in [9.17, 15) is 5.11 Å². The molecule has 1 aromatic heterocycles. The molecule has 1 heterocycles. The standard InChI is InChI=1S/C15H19ClN2O/c1-2-3-8-18(9-10-19)15-6-7-17-14-11-12(16)4-5-13(14)15/h4-7,11,19H,2-3,8-10H2,1H3. The smallest absolute Gasteiger partial charge is 0.0737 e. The quantitative estimate of drug-likeness (QED) is 0.879. The number of halogens is 1. The topological polar surface area (TPSA) is 36.4 Å². The minimum Gasteiger partial charge on any atom is -0.395 e. The van der Waals surface area contributed by atoms with Crippen molar-refractivity contribution in [2.24, 2.45) is 0 Å². The van der Waals surface area contributed by atoms with Crippen LogP contribution in [0.3, 0.4) is 0 Å². The predicted molar refractivity (Wildman–Crippen MR) is 81.0 cm³/mol. The maximum Gasteiger partial charge on any atom is 0.0737 e. The molecule has 4 heteroatoms. The number of aromatic nitrogens is 1. The molecule has 2 aromatic rings. The number of fused-ring (bicyclic) bond motifs is 1. The first-order valence-corrected chi connectivity index (χ1v) is 7.04. The van der Waals surface area contributed by atoms with E-state index in [1.54, 1.807) is 6.20 Å². The van der Waals surface area contributed by atoms with Crippen LogP contribution in [-0.4, -0.2) is 29.8 Å². The zero-order valence-electron chi connectivity index (χ0n) is 11.1. The SMILES string of the molecule is CCCCN(CCO)c1ccnc2cc(Cl)ccc12. The molecular formula is C15H19ClN2O. The molecule has 19 heavy (non-hydrogen) atoms. The number of hydrogen-bond donors (Lipinski definition) is 1. The van der Waals surface area contributed by atoms with E-state index in [1.165, 1.54) is 0 Å². The molecular weight excluding hydrogens is 260 g/mol. The minimum atomic E-state index is 0.154. The Morgan fingerprint density at radius 1 is 1.26 bits per heavy atom. The molecule has 0 aliphatic heterocycles. The fourth-order valence-electron chi connectivity index (χ4n) is 2.20. The molecule has 2 rings (SSSR count). The lowest BCUT2D eigenvalue weighted by Crippen LogP contribution is -2.27. The second-order valence-electron chi connectivity index (χ2n) is 4.56. The van der Waals surface area contributed by atoms with Crippen molar-refractivity contribution in [3.63, 3.8) is 0 Å². The van der Waals surface area contributed by atoms with Crippen LogP contribution in [-0.2, 0) is 0 Å². The number of aliphatic hydroxyl groups excluding tert-OH is 1. The van der Waals surface area contributed by atoms with Gasteiger partial charge in [-0.2, -0.15) is 0 Å². The lowest BCUT2D eigenvalue weighted by Gasteiger charge is -2.25. The van der Waals surface area contributed by atoms with Crippen LogP contribution in [0.5, 0.6) is 0 Å². The summed E-state index contributed by atoms with van der Waals surface area (Å²) in [5.41, 5.74) is 2.01. The van der Waals surface area contributed by atoms with Crippen LogP contribution in [0.1, 0.15) is 19.8 Å². The Bertz CT molecular complexity index is 545. The fourth-order valence-corrected chi connectivity index (χ4v) is 2.37. The zero-order valence-corrected chi connectivity index (χ0v) is 11.9. The lowest BCUT2D eigenvalue weighted by molar-refractivity contribution is 0.301. The van der Waals surface area contributed by atoms with Gasteiger partial charge in [0.2, 0.25) is 0 Å². The van der Waals surface area contributed by atoms with E-state index in [4.69, 9.17) is 11.6 Å². The highest BCUT2D eigenvalue weighted by atomic mass is 35.5. The molecule has 0 bridgehead atoms. The highest BCUT2D eigenvalue weighted by Crippen LogP contribution is 2.27. The Morgan fingerprint density at radius 3 is 2.84 bits per heavy atom. The summed E-state index contributed by atoms with van der Waals surface area (Å²) in [5, 5.41) is 11.0. The van der Waals surface area contributed by atoms with Crippen LogP contribution in [0, 0.1) is 0 Å². The summed E-state index contributed by atoms with van der Waals surface area (Å²) in [5.74, 6) is 0. The van der Waals surface area contributed by atoms with Gasteiger partial charge >= 0.3 is 0 Å². The average molecular weight is 279 g/mol. The van der Waals surface area contributed by atoms with Crippen LogP contribution in [0.15, 0.2) is 30.5 Å². The third-order valence-corrected chi connectivity index (χ3v) is 3.41. The van der Waals surface area contributed by atoms with Crippen molar-refractivity contribution in [3.05, 3.63) is 35.5 Å². The average Bonchev–Trinajstić information content (AvgIpc) is 2.42. The first-order chi connectivity index (χ1) is 9.26. The molecule has 0 amide bonds. The van der Waals surface area contributed by atoms with Gasteiger partial charge in [-0.05, 0) is 30.7 Å². The summed E-state index contributed by atoms with van der Waals surface area (Å²) in [6.07, 6.45) is 4.04. The van der Waals surface area contributed by atoms with Crippen LogP contribution < -0.4 is 4.90 Å². The molecule has 1 N–H and O–H groups in total. The molecule has 0 unspecified atom stereocenters. The Balaban J connectivity index is 2.40. The van der Waals surface area contributed by atoms with Crippen molar-refractivity contribution in [1.82, 2.24) is 4.98 Å². The molecule has 0 fully saturated rings. The molecule has 3 nitrogen and oxygen atoms in total. The summed E-state index contributed by atoms with van der Waals surface area (Å²) in [6.45, 7) is 3.91. The monoisotopic (exact) mass is 278 g/mol. The van der Waals surface area contributed by atoms with Gasteiger partial charge in [-0.3, -0.25) is 4.98 Å². The number of benzene rings is 1. The molecule has 0 aliphatic rings. The summed E-state index contributed by atoms with van der Waals surface area (Å²) < 4.78 is 0. The predicted octanol–water partition coefficient (Wildman–Crippen LogP) is 3.49. The third-order valence-electron chi connectivity index (χ3n) is 3.17. The van der Waals surface area contributed by atoms with Crippen molar-refractivity contribution < 1.29 is 5.11 Å². The number of pyridine rings is 1. The van der Waals surface area contributed by atoms with E-state index in [0.29, 0.717) is 11.6 Å². The van der Waals surface area contributed by atoms with Gasteiger partial charge < -0.3 is 10.0 Å². The number of hydrogen-bond acceptors (Lipinski definition) is 3. The van der Waals surface area contributed by atoms with Gasteiger partial charge in [-0.15, -0.1) is 0 Å². The van der Waals surface area contributed by atoms with Gasteiger partial charge in [0.15, 0.2) is 0 Å². The fraction of sp³-hybridized carbons (Fsp3) is 0.400. The molecule has 0 atom stereocenters. The van der Waals surface area contributed by atoms with Gasteiger partial charge in [0, 0.05) is 35.4 Å². The van der Waals surface area contributed by atoms with Gasteiger partial charge in [0.1, 0.15) is 0 Å². The third kappa shape index (κ3) is 3.37. The van der Waals surface area contributed by atoms with Crippen molar-refractivity contribution in [2.75, 3.05) is 24.6 Å². The van der Waals surface area contributed by atoms with Gasteiger partial charge in [-0.25, -0.2) is 0 Å². The van der Waals surface area contributed by atoms with Crippen molar-refractivity contribution in [2.45, 2.75) is 19.8 Å². The largest absolute Gasteiger partial charge is 0.395 e. The van der Waals surface area contributed by atoms with Crippen LogP contribution in [0.2, 0.25) is 5.02 Å². The number of unbranched alkanes of at least 4 members (excludes halogenated alkanes) is 1. The first kappa shape index (κ1) is 14.1. The molecule has 0 saturated heterocycles. The van der Waals surface area contributed by atoms with E-state index >= 15 is 0 Å². The number of nitrogens with zero attached hydrogens (tertiary/aromatic N) is 2. The second-order valence-corrected chi connectivity index (χ2v) is 4.99. The van der Waals surface area contributed by atoms with Crippen molar-refractivity contribution in [3.8, 4) is 0 Å². The normalized spacial score (nSPS) is 10.9. The molecule has 0 aliphatic carbocycles. The Kier molecular flexibility index (Phi) is 5.00. The first-order valence-electron chi connectivity index (χ1n) is 6.66. The number of rotatable bonds is 6. The number of anilines is 1. The Hall–Kier alpha value is -1.32.